The Morgan fingerprint density at radius 1 is 0.845 bits per heavy atom. The van der Waals surface area contributed by atoms with E-state index in [4.69, 9.17) is 42.4 Å². The number of hydrogen-bond donors (Lipinski definition) is 1. The summed E-state index contributed by atoms with van der Waals surface area (Å²) in [4.78, 5) is 28.0. The smallest absolute Gasteiger partial charge is 0.259 e. The van der Waals surface area contributed by atoms with Crippen LogP contribution in [0.2, 0.25) is 18.1 Å². The van der Waals surface area contributed by atoms with Gasteiger partial charge in [-0.1, -0.05) is 93.6 Å². The maximum atomic E-state index is 13.6. The Hall–Kier alpha value is -5.60. The molecule has 7 rings (SSSR count). The number of imidazole rings is 1. The highest BCUT2D eigenvalue weighted by molar-refractivity contribution is 7.44. The summed E-state index contributed by atoms with van der Waals surface area (Å²) in [7, 11) is -1.21. The zero-order valence-corrected chi connectivity index (χ0v) is 44.8. The van der Waals surface area contributed by atoms with Gasteiger partial charge in [0, 0.05) is 17.6 Å². The lowest BCUT2D eigenvalue weighted by Gasteiger charge is -2.42. The van der Waals surface area contributed by atoms with Crippen LogP contribution in [0.4, 0.5) is 5.82 Å². The van der Waals surface area contributed by atoms with Gasteiger partial charge in [-0.15, -0.1) is 0 Å². The lowest BCUT2D eigenvalue weighted by molar-refractivity contribution is -0.0926. The van der Waals surface area contributed by atoms with E-state index < -0.39 is 47.0 Å². The molecule has 0 radical (unpaired) electrons. The molecule has 0 saturated carbocycles. The molecule has 4 aromatic carbocycles. The van der Waals surface area contributed by atoms with Gasteiger partial charge in [0.2, 0.25) is 0 Å². The highest BCUT2D eigenvalue weighted by atomic mass is 31.2. The number of anilines is 1. The first-order valence-corrected chi connectivity index (χ1v) is 28.1. The van der Waals surface area contributed by atoms with Gasteiger partial charge in [-0.05, 0) is 106 Å². The molecule has 376 valence electrons. The minimum Gasteiger partial charge on any atom is -0.497 e. The highest BCUT2D eigenvalue weighted by Crippen LogP contribution is 2.53. The van der Waals surface area contributed by atoms with Gasteiger partial charge in [0.15, 0.2) is 31.5 Å². The third-order valence-electron chi connectivity index (χ3n) is 13.1. The molecule has 0 bridgehead atoms. The molecular formula is C54H68N7O8PSi. The van der Waals surface area contributed by atoms with Crippen molar-refractivity contribution < 1.29 is 37.2 Å². The molecule has 1 saturated heterocycles. The van der Waals surface area contributed by atoms with Gasteiger partial charge >= 0.3 is 0 Å². The molecule has 1 unspecified atom stereocenters. The van der Waals surface area contributed by atoms with Crippen molar-refractivity contribution in [1.29, 1.82) is 5.26 Å². The predicted molar refractivity (Wildman–Crippen MR) is 279 cm³/mol. The number of hydrogen-bond acceptors (Lipinski definition) is 13. The van der Waals surface area contributed by atoms with Gasteiger partial charge in [0.1, 0.15) is 41.2 Å². The summed E-state index contributed by atoms with van der Waals surface area (Å²) in [6.07, 6.45) is -1.45. The highest BCUT2D eigenvalue weighted by Gasteiger charge is 2.54. The Labute approximate surface area is 420 Å². The Balaban J connectivity index is 1.42. The monoisotopic (exact) mass is 1000 g/mol. The number of aryl methyl sites for hydroxylation is 1. The molecule has 17 heteroatoms. The molecule has 0 spiro atoms. The molecule has 1 aliphatic rings. The van der Waals surface area contributed by atoms with Crippen LogP contribution >= 0.6 is 8.53 Å². The second-order valence-corrected chi connectivity index (χ2v) is 25.8. The molecule has 5 atom stereocenters. The van der Waals surface area contributed by atoms with Gasteiger partial charge in [0.05, 0.1) is 46.3 Å². The number of amides is 1. The van der Waals surface area contributed by atoms with Crippen molar-refractivity contribution in [3.63, 3.8) is 0 Å². The lowest BCUT2D eigenvalue weighted by Crippen LogP contribution is -2.50. The van der Waals surface area contributed by atoms with E-state index in [-0.39, 0.29) is 48.5 Å². The minimum absolute atomic E-state index is 0.00473. The Kier molecular flexibility index (Phi) is 17.1. The van der Waals surface area contributed by atoms with Gasteiger partial charge in [0.25, 0.3) is 14.4 Å². The van der Waals surface area contributed by atoms with E-state index in [0.29, 0.717) is 34.1 Å². The van der Waals surface area contributed by atoms with E-state index in [9.17, 15) is 10.1 Å². The molecule has 3 heterocycles. The summed E-state index contributed by atoms with van der Waals surface area (Å²) in [6.45, 7) is 21.4. The third kappa shape index (κ3) is 11.7. The molecule has 0 aliphatic carbocycles. The average molecular weight is 1000 g/mol. The normalized spacial score (nSPS) is 18.0. The fourth-order valence-electron chi connectivity index (χ4n) is 8.58. The van der Waals surface area contributed by atoms with Crippen molar-refractivity contribution in [3.05, 3.63) is 144 Å². The standard InChI is InChI=1S/C54H68N7O8PSi/c1-36(2)61(37(3)4)70(66-33-19-32-55)68-47-45(34-65-54(40-22-17-14-18-23-40,41-24-28-43(63-9)29-25-41)42-26-30-44(64-10)31-27-42)67-52(48(47)69-71(11,12)53(6,7)8)60-35-56-46-49(57-38(5)58-50(46)60)59-51(62)39-20-15-13-16-21-39/h13-18,20-31,35-37,45,47-48,52H,19,33-34H2,1-12H3,(H,57,58,59,62)/t45-,47-,48-,52-,70?/m1/s1. The number of aromatic nitrogens is 4. The fourth-order valence-corrected chi connectivity index (χ4v) is 11.6. The van der Waals surface area contributed by atoms with Crippen LogP contribution in [0.15, 0.2) is 116 Å². The van der Waals surface area contributed by atoms with Crippen LogP contribution in [0, 0.1) is 18.3 Å². The van der Waals surface area contributed by atoms with Crippen molar-refractivity contribution in [2.24, 2.45) is 0 Å². The molecule has 1 aliphatic heterocycles. The van der Waals surface area contributed by atoms with E-state index in [1.165, 1.54) is 0 Å². The topological polar surface area (TPSA) is 164 Å². The van der Waals surface area contributed by atoms with E-state index in [1.807, 2.05) is 89.5 Å². The Morgan fingerprint density at radius 2 is 1.41 bits per heavy atom. The maximum Gasteiger partial charge on any atom is 0.259 e. The first-order chi connectivity index (χ1) is 33.9. The number of carbonyl (C=O) groups is 1. The quantitative estimate of drug-likeness (QED) is 0.0314. The summed E-state index contributed by atoms with van der Waals surface area (Å²) in [6, 6.07) is 37.1. The molecule has 15 nitrogen and oxygen atoms in total. The van der Waals surface area contributed by atoms with Crippen LogP contribution in [0.1, 0.15) is 94.0 Å². The largest absolute Gasteiger partial charge is 0.497 e. The zero-order valence-electron chi connectivity index (χ0n) is 43.0. The Morgan fingerprint density at radius 3 is 1.94 bits per heavy atom. The molecule has 1 N–H and O–H groups in total. The minimum atomic E-state index is -2.67. The van der Waals surface area contributed by atoms with Gasteiger partial charge < -0.3 is 37.7 Å². The van der Waals surface area contributed by atoms with Crippen molar-refractivity contribution >= 4 is 39.7 Å². The lowest BCUT2D eigenvalue weighted by atomic mass is 9.80. The zero-order chi connectivity index (χ0) is 51.1. The van der Waals surface area contributed by atoms with Crippen LogP contribution in [-0.2, 0) is 28.5 Å². The SMILES string of the molecule is COc1ccc(C(OC[C@H]2O[C@@H](n3cnc4c(NC(=O)c5ccccc5)nc(C)nc43)[C@H](O[Si](C)(C)C(C)(C)C)[C@@H]2OP(OCCC#N)N(C(C)C)C(C)C)(c2ccccc2)c2ccc(OC)cc2)cc1. The number of rotatable bonds is 21. The number of carbonyl (C=O) groups excluding carboxylic acids is 1. The third-order valence-corrected chi connectivity index (χ3v) is 19.7. The number of nitrogens with one attached hydrogen (secondary N) is 1. The number of benzene rings is 4. The number of nitrogens with zero attached hydrogens (tertiary/aromatic N) is 6. The predicted octanol–water partition coefficient (Wildman–Crippen LogP) is 11.4. The Bertz CT molecular complexity index is 2680. The number of nitriles is 1. The second kappa shape index (κ2) is 22.9. The summed E-state index contributed by atoms with van der Waals surface area (Å²) in [5.41, 5.74) is 2.66. The summed E-state index contributed by atoms with van der Waals surface area (Å²) in [5, 5.41) is 12.4. The first-order valence-electron chi connectivity index (χ1n) is 24.1. The van der Waals surface area contributed by atoms with Crippen LogP contribution in [0.3, 0.4) is 0 Å². The molecule has 6 aromatic rings. The van der Waals surface area contributed by atoms with Gasteiger partial charge in [-0.25, -0.2) is 19.6 Å². The van der Waals surface area contributed by atoms with E-state index in [1.54, 1.807) is 39.6 Å². The van der Waals surface area contributed by atoms with Gasteiger partial charge in [-0.3, -0.25) is 9.36 Å². The fraction of sp³-hybridized carbons (Fsp3) is 0.426. The number of ether oxygens (including phenoxy) is 4. The van der Waals surface area contributed by atoms with Crippen molar-refractivity contribution in [2.75, 3.05) is 32.8 Å². The molecule has 1 fully saturated rings. The maximum absolute atomic E-state index is 13.6. The van der Waals surface area contributed by atoms with Crippen LogP contribution in [0.5, 0.6) is 11.5 Å². The van der Waals surface area contributed by atoms with Crippen LogP contribution in [0.25, 0.3) is 11.2 Å². The van der Waals surface area contributed by atoms with E-state index in [0.717, 1.165) is 16.7 Å². The summed E-state index contributed by atoms with van der Waals surface area (Å²) < 4.78 is 52.0. The van der Waals surface area contributed by atoms with Crippen LogP contribution in [-0.4, -0.2) is 96.2 Å². The van der Waals surface area contributed by atoms with Crippen LogP contribution < -0.4 is 14.8 Å². The van der Waals surface area contributed by atoms with Crippen molar-refractivity contribution in [1.82, 2.24) is 24.2 Å². The number of fused-ring (bicyclic) bond motifs is 1. The number of methoxy groups -OCH3 is 2. The average Bonchev–Trinajstić information content (AvgIpc) is 3.92. The molecule has 1 amide bonds. The molecule has 2 aromatic heterocycles. The van der Waals surface area contributed by atoms with E-state index in [2.05, 4.69) is 94.7 Å². The first kappa shape index (κ1) is 53.2. The van der Waals surface area contributed by atoms with Gasteiger partial charge in [-0.2, -0.15) is 5.26 Å². The van der Waals surface area contributed by atoms with E-state index >= 15 is 0 Å². The summed E-state index contributed by atoms with van der Waals surface area (Å²) >= 11 is 0. The van der Waals surface area contributed by atoms with Crippen molar-refractivity contribution in [3.8, 4) is 17.6 Å². The van der Waals surface area contributed by atoms with Crippen molar-refractivity contribution in [2.45, 2.75) is 122 Å². The molecule has 71 heavy (non-hydrogen) atoms. The second-order valence-electron chi connectivity index (χ2n) is 19.6. The molecular weight excluding hydrogens is 934 g/mol. The summed E-state index contributed by atoms with van der Waals surface area (Å²) in [5.74, 6) is 1.75.